The Morgan fingerprint density at radius 1 is 1.21 bits per heavy atom. The van der Waals surface area contributed by atoms with Gasteiger partial charge in [0.05, 0.1) is 7.11 Å². The van der Waals surface area contributed by atoms with E-state index in [0.717, 1.165) is 22.4 Å². The lowest BCUT2D eigenvalue weighted by Gasteiger charge is -2.09. The van der Waals surface area contributed by atoms with E-state index in [1.165, 1.54) is 0 Å². The standard InChI is InChI=1S/C21H24N4O3/c1-13(2)12-22-21(26)23-16-7-5-6-15(11-16)19-24-20(28-25-19)18-9-8-17(27-4)10-14(18)3/h5-11,13H,12H2,1-4H3,(H2,22,23,26). The first kappa shape index (κ1) is 19.4. The first-order chi connectivity index (χ1) is 13.5. The van der Waals surface area contributed by atoms with E-state index in [4.69, 9.17) is 9.26 Å². The van der Waals surface area contributed by atoms with Gasteiger partial charge in [0, 0.05) is 23.4 Å². The molecule has 1 heterocycles. The second-order valence-corrected chi connectivity index (χ2v) is 6.91. The molecule has 0 aliphatic rings. The van der Waals surface area contributed by atoms with Crippen LogP contribution >= 0.6 is 0 Å². The van der Waals surface area contributed by atoms with Gasteiger partial charge >= 0.3 is 6.03 Å². The van der Waals surface area contributed by atoms with E-state index >= 15 is 0 Å². The molecular formula is C21H24N4O3. The summed E-state index contributed by atoms with van der Waals surface area (Å²) in [4.78, 5) is 16.5. The topological polar surface area (TPSA) is 89.3 Å². The van der Waals surface area contributed by atoms with Gasteiger partial charge in [0.1, 0.15) is 5.75 Å². The number of nitrogens with one attached hydrogen (secondary N) is 2. The summed E-state index contributed by atoms with van der Waals surface area (Å²) in [6, 6.07) is 12.7. The summed E-state index contributed by atoms with van der Waals surface area (Å²) in [5.74, 6) is 2.05. The zero-order valence-corrected chi connectivity index (χ0v) is 16.4. The van der Waals surface area contributed by atoms with Crippen molar-refractivity contribution in [1.29, 1.82) is 0 Å². The minimum absolute atomic E-state index is 0.242. The number of carbonyl (C=O) groups excluding carboxylic acids is 1. The Hall–Kier alpha value is -3.35. The van der Waals surface area contributed by atoms with Gasteiger partial charge in [-0.3, -0.25) is 0 Å². The molecule has 7 heteroatoms. The quantitative estimate of drug-likeness (QED) is 0.657. The smallest absolute Gasteiger partial charge is 0.319 e. The summed E-state index contributed by atoms with van der Waals surface area (Å²) in [5, 5.41) is 9.72. The molecule has 28 heavy (non-hydrogen) atoms. The Bertz CT molecular complexity index is 966. The zero-order valence-electron chi connectivity index (χ0n) is 16.4. The fourth-order valence-corrected chi connectivity index (χ4v) is 2.66. The van der Waals surface area contributed by atoms with Crippen LogP contribution in [0.1, 0.15) is 19.4 Å². The minimum atomic E-state index is -0.242. The molecule has 7 nitrogen and oxygen atoms in total. The second kappa shape index (κ2) is 8.56. The van der Waals surface area contributed by atoms with Gasteiger partial charge in [-0.2, -0.15) is 4.98 Å². The molecular weight excluding hydrogens is 356 g/mol. The van der Waals surface area contributed by atoms with Gasteiger partial charge in [-0.05, 0) is 48.7 Å². The fraction of sp³-hybridized carbons (Fsp3) is 0.286. The van der Waals surface area contributed by atoms with Crippen molar-refractivity contribution in [3.05, 3.63) is 48.0 Å². The molecule has 0 saturated heterocycles. The van der Waals surface area contributed by atoms with Crippen molar-refractivity contribution in [3.63, 3.8) is 0 Å². The van der Waals surface area contributed by atoms with Crippen molar-refractivity contribution in [2.45, 2.75) is 20.8 Å². The van der Waals surface area contributed by atoms with Gasteiger partial charge in [-0.15, -0.1) is 0 Å². The Morgan fingerprint density at radius 3 is 2.75 bits per heavy atom. The SMILES string of the molecule is COc1ccc(-c2nc(-c3cccc(NC(=O)NCC(C)C)c3)no2)c(C)c1. The number of methoxy groups -OCH3 is 1. The molecule has 0 radical (unpaired) electrons. The monoisotopic (exact) mass is 380 g/mol. The first-order valence-electron chi connectivity index (χ1n) is 9.10. The van der Waals surface area contributed by atoms with E-state index in [9.17, 15) is 4.79 Å². The first-order valence-corrected chi connectivity index (χ1v) is 9.10. The van der Waals surface area contributed by atoms with Gasteiger partial charge < -0.3 is 19.9 Å². The van der Waals surface area contributed by atoms with Crippen LogP contribution in [0.3, 0.4) is 0 Å². The number of ether oxygens (including phenoxy) is 1. The third kappa shape index (κ3) is 4.68. The number of carbonyl (C=O) groups is 1. The highest BCUT2D eigenvalue weighted by Gasteiger charge is 2.14. The number of nitrogens with zero attached hydrogens (tertiary/aromatic N) is 2. The van der Waals surface area contributed by atoms with Crippen LogP contribution in [-0.2, 0) is 0 Å². The lowest BCUT2D eigenvalue weighted by molar-refractivity contribution is 0.251. The van der Waals surface area contributed by atoms with Crippen LogP contribution < -0.4 is 15.4 Å². The van der Waals surface area contributed by atoms with Crippen molar-refractivity contribution in [3.8, 4) is 28.6 Å². The number of rotatable bonds is 6. The predicted octanol–water partition coefficient (Wildman–Crippen LogP) is 4.50. The molecule has 0 unspecified atom stereocenters. The number of aromatic nitrogens is 2. The number of hydrogen-bond donors (Lipinski definition) is 2. The molecule has 0 aliphatic carbocycles. The largest absolute Gasteiger partial charge is 0.497 e. The summed E-state index contributed by atoms with van der Waals surface area (Å²) in [7, 11) is 1.63. The zero-order chi connectivity index (χ0) is 20.1. The Balaban J connectivity index is 1.77. The molecule has 0 spiro atoms. The van der Waals surface area contributed by atoms with Gasteiger partial charge in [0.25, 0.3) is 5.89 Å². The molecule has 0 saturated carbocycles. The Labute approximate surface area is 164 Å². The molecule has 2 amide bonds. The molecule has 3 aromatic rings. The van der Waals surface area contributed by atoms with E-state index in [1.54, 1.807) is 7.11 Å². The summed E-state index contributed by atoms with van der Waals surface area (Å²) < 4.78 is 10.7. The molecule has 0 fully saturated rings. The predicted molar refractivity (Wildman–Crippen MR) is 108 cm³/mol. The fourth-order valence-electron chi connectivity index (χ4n) is 2.66. The lowest BCUT2D eigenvalue weighted by atomic mass is 10.1. The molecule has 3 rings (SSSR count). The van der Waals surface area contributed by atoms with Crippen LogP contribution in [0, 0.1) is 12.8 Å². The molecule has 146 valence electrons. The van der Waals surface area contributed by atoms with Crippen LogP contribution in [0.15, 0.2) is 47.0 Å². The van der Waals surface area contributed by atoms with E-state index in [0.29, 0.717) is 29.9 Å². The molecule has 0 bridgehead atoms. The maximum absolute atomic E-state index is 12.0. The lowest BCUT2D eigenvalue weighted by Crippen LogP contribution is -2.31. The average molecular weight is 380 g/mol. The number of hydrogen-bond acceptors (Lipinski definition) is 5. The van der Waals surface area contributed by atoms with Gasteiger partial charge in [0.15, 0.2) is 0 Å². The summed E-state index contributed by atoms with van der Waals surface area (Å²) in [6.45, 7) is 6.65. The molecule has 2 aromatic carbocycles. The number of urea groups is 1. The van der Waals surface area contributed by atoms with Gasteiger partial charge in [0.2, 0.25) is 5.82 Å². The number of anilines is 1. The van der Waals surface area contributed by atoms with Gasteiger partial charge in [-0.25, -0.2) is 4.79 Å². The van der Waals surface area contributed by atoms with Crippen molar-refractivity contribution in [2.24, 2.45) is 5.92 Å². The third-order valence-corrected chi connectivity index (χ3v) is 4.14. The van der Waals surface area contributed by atoms with Crippen LogP contribution in [-0.4, -0.2) is 29.8 Å². The van der Waals surface area contributed by atoms with E-state index in [2.05, 4.69) is 20.8 Å². The maximum Gasteiger partial charge on any atom is 0.319 e. The molecule has 1 aromatic heterocycles. The van der Waals surface area contributed by atoms with E-state index in [1.807, 2.05) is 63.2 Å². The average Bonchev–Trinajstić information content (AvgIpc) is 3.16. The Morgan fingerprint density at radius 2 is 2.04 bits per heavy atom. The summed E-state index contributed by atoms with van der Waals surface area (Å²) in [5.41, 5.74) is 3.24. The van der Waals surface area contributed by atoms with E-state index < -0.39 is 0 Å². The van der Waals surface area contributed by atoms with E-state index in [-0.39, 0.29) is 6.03 Å². The van der Waals surface area contributed by atoms with Crippen LogP contribution in [0.4, 0.5) is 10.5 Å². The molecule has 0 atom stereocenters. The summed E-state index contributed by atoms with van der Waals surface area (Å²) in [6.07, 6.45) is 0. The van der Waals surface area contributed by atoms with Crippen LogP contribution in [0.5, 0.6) is 5.75 Å². The highest BCUT2D eigenvalue weighted by atomic mass is 16.5. The van der Waals surface area contributed by atoms with Crippen molar-refractivity contribution in [2.75, 3.05) is 19.0 Å². The van der Waals surface area contributed by atoms with Crippen LogP contribution in [0.25, 0.3) is 22.8 Å². The van der Waals surface area contributed by atoms with Crippen LogP contribution in [0.2, 0.25) is 0 Å². The third-order valence-electron chi connectivity index (χ3n) is 4.14. The highest BCUT2D eigenvalue weighted by molar-refractivity contribution is 5.89. The minimum Gasteiger partial charge on any atom is -0.497 e. The number of amides is 2. The van der Waals surface area contributed by atoms with Gasteiger partial charge in [-0.1, -0.05) is 31.1 Å². The number of benzene rings is 2. The Kier molecular flexibility index (Phi) is 5.93. The molecule has 0 aliphatic heterocycles. The normalized spacial score (nSPS) is 10.8. The second-order valence-electron chi connectivity index (χ2n) is 6.91. The number of aryl methyl sites for hydroxylation is 1. The van der Waals surface area contributed by atoms with Crippen molar-refractivity contribution in [1.82, 2.24) is 15.5 Å². The molecule has 2 N–H and O–H groups in total. The van der Waals surface area contributed by atoms with Crippen molar-refractivity contribution < 1.29 is 14.1 Å². The van der Waals surface area contributed by atoms with Crippen molar-refractivity contribution >= 4 is 11.7 Å². The highest BCUT2D eigenvalue weighted by Crippen LogP contribution is 2.28. The summed E-state index contributed by atoms with van der Waals surface area (Å²) >= 11 is 0. The maximum atomic E-state index is 12.0.